The number of aromatic amines is 1. The molecule has 1 saturated heterocycles. The summed E-state index contributed by atoms with van der Waals surface area (Å²) in [6.45, 7) is 9.03. The molecule has 0 bridgehead atoms. The number of hydrogen-bond acceptors (Lipinski definition) is 2. The van der Waals surface area contributed by atoms with E-state index in [1.54, 1.807) is 0 Å². The fourth-order valence-corrected chi connectivity index (χ4v) is 2.16. The van der Waals surface area contributed by atoms with Crippen molar-refractivity contribution in [2.45, 2.75) is 12.3 Å². The Hall–Kier alpha value is -1.86. The molecule has 1 aromatic carbocycles. The SMILES string of the molecule is [C-]#[N+]c1ccc2[nH]c(C3CCNC3)nc2c1. The smallest absolute Gasteiger partial charge is 0.189 e. The van der Waals surface area contributed by atoms with Gasteiger partial charge in [-0.15, -0.1) is 0 Å². The van der Waals surface area contributed by atoms with Crippen LogP contribution in [0.5, 0.6) is 0 Å². The molecule has 80 valence electrons. The molecule has 0 saturated carbocycles. The third kappa shape index (κ3) is 1.46. The average molecular weight is 212 g/mol. The van der Waals surface area contributed by atoms with Gasteiger partial charge in [0.2, 0.25) is 0 Å². The van der Waals surface area contributed by atoms with Crippen molar-refractivity contribution in [2.24, 2.45) is 0 Å². The predicted molar refractivity (Wildman–Crippen MR) is 62.6 cm³/mol. The fraction of sp³-hybridized carbons (Fsp3) is 0.333. The second kappa shape index (κ2) is 3.62. The van der Waals surface area contributed by atoms with E-state index in [1.165, 1.54) is 0 Å². The third-order valence-electron chi connectivity index (χ3n) is 3.06. The van der Waals surface area contributed by atoms with E-state index in [9.17, 15) is 0 Å². The van der Waals surface area contributed by atoms with Crippen LogP contribution in [0.2, 0.25) is 0 Å². The van der Waals surface area contributed by atoms with Crippen molar-refractivity contribution in [3.05, 3.63) is 35.4 Å². The van der Waals surface area contributed by atoms with Gasteiger partial charge in [-0.05, 0) is 25.1 Å². The molecule has 3 rings (SSSR count). The second-order valence-corrected chi connectivity index (χ2v) is 4.13. The Labute approximate surface area is 93.5 Å². The molecular formula is C12H12N4. The normalized spacial score (nSPS) is 20.1. The molecular weight excluding hydrogens is 200 g/mol. The summed E-state index contributed by atoms with van der Waals surface area (Å²) in [6, 6.07) is 5.59. The first-order chi connectivity index (χ1) is 7.86. The molecule has 2 aromatic rings. The summed E-state index contributed by atoms with van der Waals surface area (Å²) >= 11 is 0. The van der Waals surface area contributed by atoms with Crippen LogP contribution in [0.4, 0.5) is 5.69 Å². The maximum absolute atomic E-state index is 6.97. The number of nitrogens with one attached hydrogen (secondary N) is 2. The van der Waals surface area contributed by atoms with Crippen molar-refractivity contribution in [2.75, 3.05) is 13.1 Å². The van der Waals surface area contributed by atoms with E-state index in [0.717, 1.165) is 36.4 Å². The predicted octanol–water partition coefficient (Wildman–Crippen LogP) is 2.19. The lowest BCUT2D eigenvalue weighted by Gasteiger charge is -2.01. The molecule has 1 aromatic heterocycles. The van der Waals surface area contributed by atoms with Gasteiger partial charge in [0.15, 0.2) is 5.69 Å². The van der Waals surface area contributed by atoms with Gasteiger partial charge < -0.3 is 10.3 Å². The van der Waals surface area contributed by atoms with Crippen molar-refractivity contribution >= 4 is 16.7 Å². The average Bonchev–Trinajstić information content (AvgIpc) is 2.96. The Morgan fingerprint density at radius 1 is 1.44 bits per heavy atom. The van der Waals surface area contributed by atoms with Gasteiger partial charge in [-0.25, -0.2) is 9.83 Å². The lowest BCUT2D eigenvalue weighted by molar-refractivity contribution is 0.717. The molecule has 1 aliphatic heterocycles. The van der Waals surface area contributed by atoms with Crippen LogP contribution < -0.4 is 5.32 Å². The van der Waals surface area contributed by atoms with Gasteiger partial charge in [-0.1, -0.05) is 6.07 Å². The van der Waals surface area contributed by atoms with Gasteiger partial charge in [0, 0.05) is 12.5 Å². The molecule has 1 unspecified atom stereocenters. The van der Waals surface area contributed by atoms with Crippen molar-refractivity contribution in [1.82, 2.24) is 15.3 Å². The Bertz CT molecular complexity index is 558. The molecule has 16 heavy (non-hydrogen) atoms. The number of nitrogens with zero attached hydrogens (tertiary/aromatic N) is 2. The molecule has 0 spiro atoms. The van der Waals surface area contributed by atoms with Crippen molar-refractivity contribution in [3.8, 4) is 0 Å². The van der Waals surface area contributed by atoms with Crippen LogP contribution in [0.1, 0.15) is 18.2 Å². The van der Waals surface area contributed by atoms with Gasteiger partial charge in [-0.3, -0.25) is 0 Å². The molecule has 0 radical (unpaired) electrons. The van der Waals surface area contributed by atoms with E-state index in [2.05, 4.69) is 20.1 Å². The highest BCUT2D eigenvalue weighted by molar-refractivity contribution is 5.79. The van der Waals surface area contributed by atoms with Gasteiger partial charge in [-0.2, -0.15) is 0 Å². The van der Waals surface area contributed by atoms with Crippen molar-refractivity contribution < 1.29 is 0 Å². The molecule has 0 amide bonds. The first kappa shape index (κ1) is 9.37. The molecule has 2 N–H and O–H groups in total. The molecule has 2 heterocycles. The monoisotopic (exact) mass is 212 g/mol. The standard InChI is InChI=1S/C12H12N4/c1-13-9-2-3-10-11(6-9)16-12(15-10)8-4-5-14-7-8/h2-3,6,8,14H,4-5,7H2,(H,15,16). The van der Waals surface area contributed by atoms with E-state index in [0.29, 0.717) is 11.6 Å². The van der Waals surface area contributed by atoms with Crippen LogP contribution >= 0.6 is 0 Å². The summed E-state index contributed by atoms with van der Waals surface area (Å²) in [4.78, 5) is 11.3. The number of hydrogen-bond donors (Lipinski definition) is 2. The zero-order chi connectivity index (χ0) is 11.0. The number of H-pyrrole nitrogens is 1. The van der Waals surface area contributed by atoms with Gasteiger partial charge in [0.25, 0.3) is 0 Å². The van der Waals surface area contributed by atoms with Crippen LogP contribution in [0.3, 0.4) is 0 Å². The molecule has 1 fully saturated rings. The Morgan fingerprint density at radius 3 is 3.12 bits per heavy atom. The fourth-order valence-electron chi connectivity index (χ4n) is 2.16. The Balaban J connectivity index is 2.05. The Morgan fingerprint density at radius 2 is 2.38 bits per heavy atom. The van der Waals surface area contributed by atoms with Crippen LogP contribution in [-0.2, 0) is 0 Å². The Kier molecular flexibility index (Phi) is 2.12. The number of benzene rings is 1. The maximum atomic E-state index is 6.97. The van der Waals surface area contributed by atoms with E-state index in [4.69, 9.17) is 6.57 Å². The topological polar surface area (TPSA) is 45.1 Å². The largest absolute Gasteiger partial charge is 0.342 e. The number of fused-ring (bicyclic) bond motifs is 1. The molecule has 1 atom stereocenters. The summed E-state index contributed by atoms with van der Waals surface area (Å²) in [5.74, 6) is 1.53. The molecule has 0 aliphatic carbocycles. The quantitative estimate of drug-likeness (QED) is 0.712. The first-order valence-corrected chi connectivity index (χ1v) is 5.44. The highest BCUT2D eigenvalue weighted by Gasteiger charge is 2.19. The van der Waals surface area contributed by atoms with Crippen LogP contribution in [0.15, 0.2) is 18.2 Å². The molecule has 1 aliphatic rings. The number of aromatic nitrogens is 2. The maximum Gasteiger partial charge on any atom is 0.189 e. The van der Waals surface area contributed by atoms with Crippen LogP contribution in [0, 0.1) is 6.57 Å². The first-order valence-electron chi connectivity index (χ1n) is 5.44. The van der Waals surface area contributed by atoms with Crippen LogP contribution in [-0.4, -0.2) is 23.1 Å². The van der Waals surface area contributed by atoms with Gasteiger partial charge in [0.05, 0.1) is 17.6 Å². The summed E-state index contributed by atoms with van der Waals surface area (Å²) in [7, 11) is 0. The number of rotatable bonds is 1. The van der Waals surface area contributed by atoms with E-state index in [1.807, 2.05) is 18.2 Å². The minimum atomic E-state index is 0.490. The van der Waals surface area contributed by atoms with E-state index >= 15 is 0 Å². The third-order valence-corrected chi connectivity index (χ3v) is 3.06. The molecule has 4 heteroatoms. The highest BCUT2D eigenvalue weighted by Crippen LogP contribution is 2.24. The van der Waals surface area contributed by atoms with Crippen LogP contribution in [0.25, 0.3) is 15.9 Å². The zero-order valence-electron chi connectivity index (χ0n) is 8.83. The lowest BCUT2D eigenvalue weighted by Crippen LogP contribution is -2.08. The lowest BCUT2D eigenvalue weighted by atomic mass is 10.1. The van der Waals surface area contributed by atoms with Crippen molar-refractivity contribution in [1.29, 1.82) is 0 Å². The summed E-state index contributed by atoms with van der Waals surface area (Å²) in [5, 5.41) is 3.33. The minimum absolute atomic E-state index is 0.490. The molecule has 4 nitrogen and oxygen atoms in total. The van der Waals surface area contributed by atoms with E-state index < -0.39 is 0 Å². The van der Waals surface area contributed by atoms with Crippen molar-refractivity contribution in [3.63, 3.8) is 0 Å². The minimum Gasteiger partial charge on any atom is -0.342 e. The number of imidazole rings is 1. The van der Waals surface area contributed by atoms with Gasteiger partial charge >= 0.3 is 0 Å². The summed E-state index contributed by atoms with van der Waals surface area (Å²) in [6.07, 6.45) is 1.13. The second-order valence-electron chi connectivity index (χ2n) is 4.13. The zero-order valence-corrected chi connectivity index (χ0v) is 8.83. The summed E-state index contributed by atoms with van der Waals surface area (Å²) < 4.78 is 0. The summed E-state index contributed by atoms with van der Waals surface area (Å²) in [5.41, 5.74) is 2.57. The highest BCUT2D eigenvalue weighted by atomic mass is 15.0. The van der Waals surface area contributed by atoms with E-state index in [-0.39, 0.29) is 0 Å². The van der Waals surface area contributed by atoms with Gasteiger partial charge in [0.1, 0.15) is 5.82 Å².